The van der Waals surface area contributed by atoms with Gasteiger partial charge in [0.2, 0.25) is 0 Å². The van der Waals surface area contributed by atoms with E-state index < -0.39 is 26.5 Å². The standard InChI is InChI=1S/C73H128NO8P/c1-3-5-7-9-11-13-15-17-19-21-23-25-27-29-31-33-34-35-36-38-40-42-44-46-48-50-52-54-56-58-60-62-64-66-73(76)82-71(70-81-83(77,78)80-68-67-74)69-79-72(75)65-63-61-59-57-55-53-51-49-47-45-43-41-39-37-32-30-28-26-24-22-20-18-16-14-12-10-8-6-4-2/h5,7,11,13,16-19,22-25,29,31,34-35,38,40,71H,3-4,6,8-10,12,14-15,20-21,26-28,30,32-33,36-37,39,41-70,74H2,1-2H3,(H,77,78)/b7-5-,13-11-,18-16-,19-17-,24-22-,25-23-,31-29-,35-34-,40-38-. The van der Waals surface area contributed by atoms with E-state index in [1.807, 2.05) is 0 Å². The van der Waals surface area contributed by atoms with E-state index in [1.165, 1.54) is 180 Å². The lowest BCUT2D eigenvalue weighted by molar-refractivity contribution is -0.161. The van der Waals surface area contributed by atoms with Gasteiger partial charge in [0.15, 0.2) is 6.10 Å². The lowest BCUT2D eigenvalue weighted by atomic mass is 10.0. The van der Waals surface area contributed by atoms with Gasteiger partial charge >= 0.3 is 19.8 Å². The third kappa shape index (κ3) is 67.7. The van der Waals surface area contributed by atoms with Crippen molar-refractivity contribution in [2.75, 3.05) is 26.4 Å². The van der Waals surface area contributed by atoms with Crippen LogP contribution in [-0.4, -0.2) is 49.3 Å². The van der Waals surface area contributed by atoms with Crippen LogP contribution in [0.15, 0.2) is 109 Å². The second-order valence-electron chi connectivity index (χ2n) is 22.7. The van der Waals surface area contributed by atoms with E-state index >= 15 is 0 Å². The Balaban J connectivity index is 3.91. The first kappa shape index (κ1) is 79.7. The van der Waals surface area contributed by atoms with E-state index in [-0.39, 0.29) is 38.6 Å². The lowest BCUT2D eigenvalue weighted by Crippen LogP contribution is -2.29. The van der Waals surface area contributed by atoms with Crippen molar-refractivity contribution >= 4 is 19.8 Å². The molecule has 0 saturated carbocycles. The maximum Gasteiger partial charge on any atom is 0.472 e. The first-order valence-corrected chi connectivity index (χ1v) is 35.9. The van der Waals surface area contributed by atoms with Crippen LogP contribution in [0.4, 0.5) is 0 Å². The third-order valence-electron chi connectivity index (χ3n) is 14.6. The summed E-state index contributed by atoms with van der Waals surface area (Å²) in [5.74, 6) is -0.825. The van der Waals surface area contributed by atoms with Crippen LogP contribution in [0.25, 0.3) is 0 Å². The van der Waals surface area contributed by atoms with Gasteiger partial charge in [-0.1, -0.05) is 303 Å². The molecule has 3 N–H and O–H groups in total. The number of rotatable bonds is 64. The number of ether oxygens (including phenoxy) is 2. The number of hydrogen-bond donors (Lipinski definition) is 2. The highest BCUT2D eigenvalue weighted by Gasteiger charge is 2.26. The second-order valence-corrected chi connectivity index (χ2v) is 24.1. The van der Waals surface area contributed by atoms with E-state index in [2.05, 4.69) is 123 Å². The van der Waals surface area contributed by atoms with Crippen molar-refractivity contribution in [3.8, 4) is 0 Å². The average Bonchev–Trinajstić information content (AvgIpc) is 3.49. The number of nitrogens with two attached hydrogens (primary N) is 1. The highest BCUT2D eigenvalue weighted by Crippen LogP contribution is 2.43. The number of carbonyl (C=O) groups is 2. The fourth-order valence-corrected chi connectivity index (χ4v) is 10.4. The molecule has 0 aromatic heterocycles. The normalized spacial score (nSPS) is 13.6. The van der Waals surface area contributed by atoms with Crippen LogP contribution in [0.1, 0.15) is 309 Å². The predicted octanol–water partition coefficient (Wildman–Crippen LogP) is 22.5. The monoisotopic (exact) mass is 1180 g/mol. The first-order chi connectivity index (χ1) is 40.8. The fraction of sp³-hybridized carbons (Fsp3) is 0.726. The summed E-state index contributed by atoms with van der Waals surface area (Å²) in [4.78, 5) is 35.4. The molecule has 0 aliphatic rings. The molecule has 10 heteroatoms. The molecular weight excluding hydrogens is 1050 g/mol. The number of carbonyl (C=O) groups excluding carboxylic acids is 2. The van der Waals surface area contributed by atoms with E-state index in [4.69, 9.17) is 24.3 Å². The molecule has 0 bridgehead atoms. The Kier molecular flexibility index (Phi) is 65.1. The summed E-state index contributed by atoms with van der Waals surface area (Å²) in [5.41, 5.74) is 5.40. The summed E-state index contributed by atoms with van der Waals surface area (Å²) in [6, 6.07) is 0. The minimum Gasteiger partial charge on any atom is -0.462 e. The van der Waals surface area contributed by atoms with Crippen molar-refractivity contribution in [2.45, 2.75) is 315 Å². The Labute approximate surface area is 511 Å². The van der Waals surface area contributed by atoms with Crippen LogP contribution in [0.3, 0.4) is 0 Å². The number of phosphoric ester groups is 1. The Morgan fingerprint density at radius 2 is 0.663 bits per heavy atom. The van der Waals surface area contributed by atoms with Crippen molar-refractivity contribution in [3.05, 3.63) is 109 Å². The van der Waals surface area contributed by atoms with Crippen LogP contribution in [0, 0.1) is 0 Å². The molecule has 0 aliphatic heterocycles. The summed E-state index contributed by atoms with van der Waals surface area (Å²) in [6.45, 7) is 3.64. The average molecular weight is 1180 g/mol. The number of esters is 2. The summed E-state index contributed by atoms with van der Waals surface area (Å²) >= 11 is 0. The Bertz CT molecular complexity index is 1730. The maximum absolute atomic E-state index is 12.8. The quantitative estimate of drug-likeness (QED) is 0.0264. The zero-order valence-corrected chi connectivity index (χ0v) is 54.5. The molecule has 0 saturated heterocycles. The van der Waals surface area contributed by atoms with Crippen molar-refractivity contribution < 1.29 is 37.6 Å². The molecule has 2 atom stereocenters. The summed E-state index contributed by atoms with van der Waals surface area (Å²) in [7, 11) is -4.40. The van der Waals surface area contributed by atoms with Crippen molar-refractivity contribution in [2.24, 2.45) is 5.73 Å². The molecule has 0 rings (SSSR count). The minimum atomic E-state index is -4.40. The van der Waals surface area contributed by atoms with Gasteiger partial charge in [0.1, 0.15) is 6.61 Å². The summed E-state index contributed by atoms with van der Waals surface area (Å²) < 4.78 is 33.2. The minimum absolute atomic E-state index is 0.0496. The van der Waals surface area contributed by atoms with Gasteiger partial charge in [-0.15, -0.1) is 0 Å². The van der Waals surface area contributed by atoms with Crippen LogP contribution < -0.4 is 5.73 Å². The highest BCUT2D eigenvalue weighted by molar-refractivity contribution is 7.47. The molecule has 0 aliphatic carbocycles. The molecule has 0 aromatic carbocycles. The van der Waals surface area contributed by atoms with Gasteiger partial charge in [-0.2, -0.15) is 0 Å². The Morgan fingerprint density at radius 1 is 0.373 bits per heavy atom. The molecular formula is C73H128NO8P. The van der Waals surface area contributed by atoms with Crippen LogP contribution in [-0.2, 0) is 32.7 Å². The van der Waals surface area contributed by atoms with E-state index in [0.29, 0.717) is 6.42 Å². The lowest BCUT2D eigenvalue weighted by Gasteiger charge is -2.19. The molecule has 2 unspecified atom stereocenters. The van der Waals surface area contributed by atoms with E-state index in [1.54, 1.807) is 0 Å². The molecule has 0 amide bonds. The summed E-state index contributed by atoms with van der Waals surface area (Å²) in [5, 5.41) is 0. The largest absolute Gasteiger partial charge is 0.472 e. The summed E-state index contributed by atoms with van der Waals surface area (Å²) in [6.07, 6.45) is 93.1. The molecule has 0 aromatic rings. The van der Waals surface area contributed by atoms with Gasteiger partial charge < -0.3 is 20.1 Å². The van der Waals surface area contributed by atoms with Crippen LogP contribution in [0.2, 0.25) is 0 Å². The fourth-order valence-electron chi connectivity index (χ4n) is 9.59. The van der Waals surface area contributed by atoms with Crippen molar-refractivity contribution in [1.29, 1.82) is 0 Å². The number of unbranched alkanes of at least 4 members (excludes halogenated alkanes) is 33. The molecule has 0 spiro atoms. The molecule has 0 fully saturated rings. The van der Waals surface area contributed by atoms with E-state index in [0.717, 1.165) is 96.3 Å². The van der Waals surface area contributed by atoms with Gasteiger partial charge in [0.05, 0.1) is 13.2 Å². The molecule has 9 nitrogen and oxygen atoms in total. The molecule has 0 heterocycles. The predicted molar refractivity (Wildman–Crippen MR) is 358 cm³/mol. The zero-order valence-electron chi connectivity index (χ0n) is 53.7. The number of phosphoric acid groups is 1. The smallest absolute Gasteiger partial charge is 0.462 e. The third-order valence-corrected chi connectivity index (χ3v) is 15.6. The topological polar surface area (TPSA) is 134 Å². The van der Waals surface area contributed by atoms with Gasteiger partial charge in [-0.25, -0.2) is 4.57 Å². The van der Waals surface area contributed by atoms with E-state index in [9.17, 15) is 19.0 Å². The van der Waals surface area contributed by atoms with Gasteiger partial charge in [0, 0.05) is 19.4 Å². The SMILES string of the molecule is CC/C=C\C/C=C\C/C=C\C/C=C\C/C=C\C/C=C\C/C=C\CCCCCCCCCCCCCC(=O)OC(COC(=O)CCCCCCCCCCCCCCCCCCC/C=C\C/C=C\CCCCCCC)COP(=O)(O)OCCN. The second kappa shape index (κ2) is 67.8. The Hall–Kier alpha value is -3.33. The maximum atomic E-state index is 12.8. The molecule has 83 heavy (non-hydrogen) atoms. The number of hydrogen-bond acceptors (Lipinski definition) is 8. The van der Waals surface area contributed by atoms with Crippen LogP contribution >= 0.6 is 7.82 Å². The number of allylic oxidation sites excluding steroid dienone is 18. The molecule has 478 valence electrons. The zero-order chi connectivity index (χ0) is 60.1. The van der Waals surface area contributed by atoms with Gasteiger partial charge in [-0.05, 0) is 103 Å². The van der Waals surface area contributed by atoms with Gasteiger partial charge in [-0.3, -0.25) is 18.6 Å². The van der Waals surface area contributed by atoms with Gasteiger partial charge in [0.25, 0.3) is 0 Å². The van der Waals surface area contributed by atoms with Crippen LogP contribution in [0.5, 0.6) is 0 Å². The first-order valence-electron chi connectivity index (χ1n) is 34.4. The van der Waals surface area contributed by atoms with Crippen molar-refractivity contribution in [3.63, 3.8) is 0 Å². The van der Waals surface area contributed by atoms with Crippen molar-refractivity contribution in [1.82, 2.24) is 0 Å². The highest BCUT2D eigenvalue weighted by atomic mass is 31.2. The molecule has 0 radical (unpaired) electrons. The Morgan fingerprint density at radius 3 is 0.988 bits per heavy atom.